The van der Waals surface area contributed by atoms with E-state index in [-0.39, 0.29) is 0 Å². The molecular formula is C16H15N3O2. The standard InChI is InChI=1S/C16H15N3O2/c1-9-7-12(15(17)20)14-13(8-9)18-16(19-14)10-3-5-11(21-2)6-4-10/h3-8H,1-2H3,(H2,17,20)(H,18,19). The molecule has 0 aliphatic heterocycles. The Labute approximate surface area is 121 Å². The van der Waals surface area contributed by atoms with E-state index >= 15 is 0 Å². The third-order valence-corrected chi connectivity index (χ3v) is 3.36. The topological polar surface area (TPSA) is 81.0 Å². The second kappa shape index (κ2) is 4.94. The number of nitrogens with two attached hydrogens (primary N) is 1. The number of ether oxygens (including phenoxy) is 1. The Hall–Kier alpha value is -2.82. The normalized spacial score (nSPS) is 10.8. The number of fused-ring (bicyclic) bond motifs is 1. The molecule has 5 heteroatoms. The van der Waals surface area contributed by atoms with Crippen LogP contribution in [0.5, 0.6) is 5.75 Å². The van der Waals surface area contributed by atoms with Crippen molar-refractivity contribution in [3.8, 4) is 17.1 Å². The first kappa shape index (κ1) is 13.2. The third kappa shape index (κ3) is 2.33. The molecule has 0 aliphatic rings. The van der Waals surface area contributed by atoms with Crippen LogP contribution in [0.4, 0.5) is 0 Å². The van der Waals surface area contributed by atoms with Crippen LogP contribution in [0.3, 0.4) is 0 Å². The lowest BCUT2D eigenvalue weighted by molar-refractivity contribution is 0.100. The van der Waals surface area contributed by atoms with Crippen LogP contribution in [0.25, 0.3) is 22.4 Å². The largest absolute Gasteiger partial charge is 0.497 e. The molecule has 1 amide bonds. The highest BCUT2D eigenvalue weighted by molar-refractivity contribution is 6.05. The van der Waals surface area contributed by atoms with E-state index in [1.807, 2.05) is 37.3 Å². The first-order valence-electron chi connectivity index (χ1n) is 6.53. The highest BCUT2D eigenvalue weighted by atomic mass is 16.5. The summed E-state index contributed by atoms with van der Waals surface area (Å²) in [5, 5.41) is 0. The molecule has 21 heavy (non-hydrogen) atoms. The molecule has 0 unspecified atom stereocenters. The number of methoxy groups -OCH3 is 1. The molecule has 0 saturated carbocycles. The van der Waals surface area contributed by atoms with Gasteiger partial charge in [-0.15, -0.1) is 0 Å². The SMILES string of the molecule is COc1ccc(-c2nc3c(C(N)=O)cc(C)cc3[nH]2)cc1. The van der Waals surface area contributed by atoms with Gasteiger partial charge >= 0.3 is 0 Å². The highest BCUT2D eigenvalue weighted by Gasteiger charge is 2.13. The van der Waals surface area contributed by atoms with Gasteiger partial charge in [0.1, 0.15) is 17.1 Å². The zero-order valence-corrected chi connectivity index (χ0v) is 11.8. The minimum atomic E-state index is -0.475. The first-order valence-corrected chi connectivity index (χ1v) is 6.53. The molecule has 0 saturated heterocycles. The molecule has 1 heterocycles. The summed E-state index contributed by atoms with van der Waals surface area (Å²) in [7, 11) is 1.62. The number of hydrogen-bond acceptors (Lipinski definition) is 3. The average Bonchev–Trinajstić information content (AvgIpc) is 2.90. The first-order chi connectivity index (χ1) is 10.1. The molecule has 0 bridgehead atoms. The molecule has 2 aromatic carbocycles. The number of amides is 1. The van der Waals surface area contributed by atoms with Gasteiger partial charge in [0.2, 0.25) is 0 Å². The van der Waals surface area contributed by atoms with Crippen molar-refractivity contribution in [2.45, 2.75) is 6.92 Å². The Balaban J connectivity index is 2.16. The Kier molecular flexibility index (Phi) is 3.10. The number of primary amides is 1. The number of aromatic nitrogens is 2. The fraction of sp³-hybridized carbons (Fsp3) is 0.125. The van der Waals surface area contributed by atoms with Crippen molar-refractivity contribution in [3.63, 3.8) is 0 Å². The zero-order valence-electron chi connectivity index (χ0n) is 11.8. The predicted octanol–water partition coefficient (Wildman–Crippen LogP) is 2.65. The summed E-state index contributed by atoms with van der Waals surface area (Å²) in [5.74, 6) is 1.00. The highest BCUT2D eigenvalue weighted by Crippen LogP contribution is 2.25. The number of hydrogen-bond donors (Lipinski definition) is 2. The van der Waals surface area contributed by atoms with Crippen molar-refractivity contribution < 1.29 is 9.53 Å². The van der Waals surface area contributed by atoms with E-state index in [2.05, 4.69) is 9.97 Å². The summed E-state index contributed by atoms with van der Waals surface area (Å²) in [5.41, 5.74) is 9.13. The summed E-state index contributed by atoms with van der Waals surface area (Å²) in [6.07, 6.45) is 0. The molecule has 3 N–H and O–H groups in total. The second-order valence-corrected chi connectivity index (χ2v) is 4.89. The number of carbonyl (C=O) groups is 1. The molecule has 0 fully saturated rings. The molecule has 5 nitrogen and oxygen atoms in total. The van der Waals surface area contributed by atoms with Gasteiger partial charge in [0, 0.05) is 5.56 Å². The van der Waals surface area contributed by atoms with Crippen LogP contribution >= 0.6 is 0 Å². The number of nitrogens with zero attached hydrogens (tertiary/aromatic N) is 1. The van der Waals surface area contributed by atoms with E-state index in [0.29, 0.717) is 16.9 Å². The lowest BCUT2D eigenvalue weighted by Crippen LogP contribution is -2.11. The van der Waals surface area contributed by atoms with Gasteiger partial charge in [-0.1, -0.05) is 0 Å². The number of carbonyl (C=O) groups excluding carboxylic acids is 1. The van der Waals surface area contributed by atoms with Crippen molar-refractivity contribution in [2.24, 2.45) is 5.73 Å². The molecule has 0 atom stereocenters. The maximum absolute atomic E-state index is 11.5. The van der Waals surface area contributed by atoms with Crippen LogP contribution in [0.15, 0.2) is 36.4 Å². The summed E-state index contributed by atoms with van der Waals surface area (Å²) >= 11 is 0. The van der Waals surface area contributed by atoms with E-state index in [1.165, 1.54) is 0 Å². The van der Waals surface area contributed by atoms with Crippen molar-refractivity contribution in [2.75, 3.05) is 7.11 Å². The molecule has 0 radical (unpaired) electrons. The van der Waals surface area contributed by atoms with Crippen LogP contribution in [0.2, 0.25) is 0 Å². The summed E-state index contributed by atoms with van der Waals surface area (Å²) in [4.78, 5) is 19.3. The van der Waals surface area contributed by atoms with Gasteiger partial charge in [0.25, 0.3) is 5.91 Å². The van der Waals surface area contributed by atoms with Crippen molar-refractivity contribution >= 4 is 16.9 Å². The molecule has 1 aromatic heterocycles. The maximum Gasteiger partial charge on any atom is 0.250 e. The van der Waals surface area contributed by atoms with Gasteiger partial charge in [-0.25, -0.2) is 4.98 Å². The van der Waals surface area contributed by atoms with Crippen molar-refractivity contribution in [1.82, 2.24) is 9.97 Å². The summed E-state index contributed by atoms with van der Waals surface area (Å²) in [6.45, 7) is 1.92. The van der Waals surface area contributed by atoms with E-state index in [0.717, 1.165) is 22.4 Å². The van der Waals surface area contributed by atoms with E-state index < -0.39 is 5.91 Å². The molecule has 3 rings (SSSR count). The lowest BCUT2D eigenvalue weighted by atomic mass is 10.1. The zero-order chi connectivity index (χ0) is 15.0. The number of imidazole rings is 1. The van der Waals surface area contributed by atoms with E-state index in [4.69, 9.17) is 10.5 Å². The monoisotopic (exact) mass is 281 g/mol. The summed E-state index contributed by atoms with van der Waals surface area (Å²) < 4.78 is 5.14. The van der Waals surface area contributed by atoms with Gasteiger partial charge in [-0.3, -0.25) is 4.79 Å². The molecular weight excluding hydrogens is 266 g/mol. The van der Waals surface area contributed by atoms with Crippen molar-refractivity contribution in [1.29, 1.82) is 0 Å². The molecule has 0 aliphatic carbocycles. The smallest absolute Gasteiger partial charge is 0.250 e. The Morgan fingerprint density at radius 1 is 1.24 bits per heavy atom. The molecule has 0 spiro atoms. The van der Waals surface area contributed by atoms with Gasteiger partial charge < -0.3 is 15.5 Å². The third-order valence-electron chi connectivity index (χ3n) is 3.36. The number of aromatic amines is 1. The van der Waals surface area contributed by atoms with Gasteiger partial charge in [0.15, 0.2) is 0 Å². The number of H-pyrrole nitrogens is 1. The van der Waals surface area contributed by atoms with Crippen LogP contribution in [0.1, 0.15) is 15.9 Å². The number of rotatable bonds is 3. The lowest BCUT2D eigenvalue weighted by Gasteiger charge is -2.00. The fourth-order valence-electron chi connectivity index (χ4n) is 2.34. The van der Waals surface area contributed by atoms with Crippen LogP contribution in [-0.4, -0.2) is 23.0 Å². The molecule has 3 aromatic rings. The predicted molar refractivity (Wildman–Crippen MR) is 81.3 cm³/mol. The number of benzene rings is 2. The minimum absolute atomic E-state index is 0.431. The Morgan fingerprint density at radius 2 is 1.95 bits per heavy atom. The van der Waals surface area contributed by atoms with E-state index in [1.54, 1.807) is 13.2 Å². The van der Waals surface area contributed by atoms with Gasteiger partial charge in [0.05, 0.1) is 18.2 Å². The number of aryl methyl sites for hydroxylation is 1. The van der Waals surface area contributed by atoms with Crippen molar-refractivity contribution in [3.05, 3.63) is 47.5 Å². The Bertz CT molecular complexity index is 819. The Morgan fingerprint density at radius 3 is 2.57 bits per heavy atom. The second-order valence-electron chi connectivity index (χ2n) is 4.89. The number of nitrogens with one attached hydrogen (secondary N) is 1. The maximum atomic E-state index is 11.5. The van der Waals surface area contributed by atoms with Gasteiger partial charge in [-0.2, -0.15) is 0 Å². The minimum Gasteiger partial charge on any atom is -0.497 e. The summed E-state index contributed by atoms with van der Waals surface area (Å²) in [6, 6.07) is 11.2. The average molecular weight is 281 g/mol. The van der Waals surface area contributed by atoms with Crippen LogP contribution in [0, 0.1) is 6.92 Å². The van der Waals surface area contributed by atoms with Crippen LogP contribution < -0.4 is 10.5 Å². The van der Waals surface area contributed by atoms with Crippen LogP contribution in [-0.2, 0) is 0 Å². The molecule has 106 valence electrons. The quantitative estimate of drug-likeness (QED) is 0.774. The van der Waals surface area contributed by atoms with Gasteiger partial charge in [-0.05, 0) is 48.9 Å². The van der Waals surface area contributed by atoms with E-state index in [9.17, 15) is 4.79 Å². The fourth-order valence-corrected chi connectivity index (χ4v) is 2.34.